The molecule has 182 valence electrons. The van der Waals surface area contributed by atoms with E-state index < -0.39 is 17.3 Å². The molecule has 4 bridgehead atoms. The first kappa shape index (κ1) is 22.9. The lowest BCUT2D eigenvalue weighted by atomic mass is 9.51. The molecule has 0 aromatic carbocycles. The van der Waals surface area contributed by atoms with Gasteiger partial charge in [-0.25, -0.2) is 4.98 Å². The summed E-state index contributed by atoms with van der Waals surface area (Å²) in [5, 5.41) is 3.41. The van der Waals surface area contributed by atoms with E-state index in [0.717, 1.165) is 37.4 Å². The molecule has 2 atom stereocenters. The number of aromatic nitrogens is 1. The second-order valence-electron chi connectivity index (χ2n) is 11.3. The molecule has 5 aliphatic rings. The quantitative estimate of drug-likeness (QED) is 0.715. The number of rotatable bonds is 4. The number of nitrogens with one attached hydrogen (secondary N) is 1. The van der Waals surface area contributed by atoms with E-state index in [1.54, 1.807) is 0 Å². The molecule has 1 aromatic rings. The monoisotopic (exact) mass is 465 g/mol. The SMILES string of the molecule is CC(C)(C(=O)NC1C2CC3CC1CC(N)(C3)C2)N1CCN(c2ccc(C(F)(F)F)cn2)CC1. The molecule has 2 heterocycles. The van der Waals surface area contributed by atoms with Gasteiger partial charge >= 0.3 is 6.18 Å². The summed E-state index contributed by atoms with van der Waals surface area (Å²) in [4.78, 5) is 21.6. The van der Waals surface area contributed by atoms with Crippen LogP contribution in [0.5, 0.6) is 0 Å². The van der Waals surface area contributed by atoms with Gasteiger partial charge in [0.2, 0.25) is 5.91 Å². The minimum atomic E-state index is -4.39. The molecule has 3 N–H and O–H groups in total. The zero-order valence-electron chi connectivity index (χ0n) is 19.4. The molecule has 33 heavy (non-hydrogen) atoms. The molecular formula is C24H34F3N5O. The highest BCUT2D eigenvalue weighted by atomic mass is 19.4. The summed E-state index contributed by atoms with van der Waals surface area (Å²) in [5.41, 5.74) is 5.20. The van der Waals surface area contributed by atoms with Crippen LogP contribution in [-0.4, -0.2) is 59.1 Å². The lowest BCUT2D eigenvalue weighted by Gasteiger charge is -2.59. The van der Waals surface area contributed by atoms with Gasteiger partial charge in [0.1, 0.15) is 5.82 Å². The van der Waals surface area contributed by atoms with Crippen LogP contribution in [0, 0.1) is 17.8 Å². The third kappa shape index (κ3) is 4.22. The van der Waals surface area contributed by atoms with E-state index in [9.17, 15) is 18.0 Å². The normalized spacial score (nSPS) is 34.5. The van der Waals surface area contributed by atoms with Gasteiger partial charge in [-0.3, -0.25) is 9.69 Å². The van der Waals surface area contributed by atoms with Crippen LogP contribution in [0.1, 0.15) is 51.5 Å². The van der Waals surface area contributed by atoms with E-state index in [4.69, 9.17) is 5.73 Å². The Labute approximate surface area is 193 Å². The van der Waals surface area contributed by atoms with Gasteiger partial charge in [0, 0.05) is 44.0 Å². The minimum Gasteiger partial charge on any atom is -0.354 e. The molecule has 6 rings (SSSR count). The highest BCUT2D eigenvalue weighted by molar-refractivity contribution is 5.85. The van der Waals surface area contributed by atoms with E-state index in [1.165, 1.54) is 18.9 Å². The van der Waals surface area contributed by atoms with Gasteiger partial charge in [-0.2, -0.15) is 13.2 Å². The van der Waals surface area contributed by atoms with E-state index in [2.05, 4.69) is 15.2 Å². The molecule has 2 unspecified atom stereocenters. The summed E-state index contributed by atoms with van der Waals surface area (Å²) < 4.78 is 38.4. The van der Waals surface area contributed by atoms with Crippen molar-refractivity contribution in [2.24, 2.45) is 23.5 Å². The summed E-state index contributed by atoms with van der Waals surface area (Å²) in [5.74, 6) is 2.30. The number of hydrogen-bond donors (Lipinski definition) is 2. The van der Waals surface area contributed by atoms with Crippen LogP contribution in [0.15, 0.2) is 18.3 Å². The number of hydrogen-bond acceptors (Lipinski definition) is 5. The van der Waals surface area contributed by atoms with Crippen LogP contribution in [0.25, 0.3) is 0 Å². The summed E-state index contributed by atoms with van der Waals surface area (Å²) >= 11 is 0. The highest BCUT2D eigenvalue weighted by Gasteiger charge is 2.54. The first-order valence-corrected chi connectivity index (χ1v) is 12.1. The van der Waals surface area contributed by atoms with Crippen molar-refractivity contribution >= 4 is 11.7 Å². The lowest BCUT2D eigenvalue weighted by molar-refractivity contribution is -0.138. The number of piperazine rings is 1. The van der Waals surface area contributed by atoms with E-state index in [-0.39, 0.29) is 17.5 Å². The largest absolute Gasteiger partial charge is 0.417 e. The molecule has 0 radical (unpaired) electrons. The Balaban J connectivity index is 1.18. The Bertz CT molecular complexity index is 878. The molecule has 6 nitrogen and oxygen atoms in total. The molecular weight excluding hydrogens is 431 g/mol. The van der Waals surface area contributed by atoms with Gasteiger partial charge in [-0.05, 0) is 75.8 Å². The fourth-order valence-corrected chi connectivity index (χ4v) is 7.03. The first-order valence-electron chi connectivity index (χ1n) is 12.1. The number of amides is 1. The third-order valence-electron chi connectivity index (χ3n) is 8.64. The molecule has 1 saturated heterocycles. The number of anilines is 1. The van der Waals surface area contributed by atoms with Gasteiger partial charge in [-0.15, -0.1) is 0 Å². The second-order valence-corrected chi connectivity index (χ2v) is 11.3. The van der Waals surface area contributed by atoms with Gasteiger partial charge < -0.3 is 16.0 Å². The van der Waals surface area contributed by atoms with Crippen molar-refractivity contribution in [2.45, 2.75) is 69.2 Å². The molecule has 9 heteroatoms. The zero-order valence-corrected chi connectivity index (χ0v) is 19.4. The Kier molecular flexibility index (Phi) is 5.44. The number of carbonyl (C=O) groups excluding carboxylic acids is 1. The maximum absolute atomic E-state index is 13.4. The molecule has 4 saturated carbocycles. The Morgan fingerprint density at radius 3 is 2.24 bits per heavy atom. The van der Waals surface area contributed by atoms with E-state index >= 15 is 0 Å². The summed E-state index contributed by atoms with van der Waals surface area (Å²) in [6.45, 7) is 6.45. The molecule has 1 amide bonds. The van der Waals surface area contributed by atoms with Crippen molar-refractivity contribution in [3.8, 4) is 0 Å². The van der Waals surface area contributed by atoms with E-state index in [1.807, 2.05) is 18.7 Å². The van der Waals surface area contributed by atoms with Gasteiger partial charge in [0.05, 0.1) is 11.1 Å². The fourth-order valence-electron chi connectivity index (χ4n) is 7.03. The van der Waals surface area contributed by atoms with Crippen molar-refractivity contribution in [1.82, 2.24) is 15.2 Å². The Morgan fingerprint density at radius 1 is 1.09 bits per heavy atom. The highest BCUT2D eigenvalue weighted by Crippen LogP contribution is 2.54. The van der Waals surface area contributed by atoms with Crippen LogP contribution in [0.2, 0.25) is 0 Å². The van der Waals surface area contributed by atoms with Crippen molar-refractivity contribution in [1.29, 1.82) is 0 Å². The maximum Gasteiger partial charge on any atom is 0.417 e. The predicted octanol–water partition coefficient (Wildman–Crippen LogP) is 3.02. The van der Waals surface area contributed by atoms with Crippen molar-refractivity contribution in [3.05, 3.63) is 23.9 Å². The average Bonchev–Trinajstić information content (AvgIpc) is 2.74. The summed E-state index contributed by atoms with van der Waals surface area (Å²) in [6, 6.07) is 2.72. The topological polar surface area (TPSA) is 74.5 Å². The average molecular weight is 466 g/mol. The fraction of sp³-hybridized carbons (Fsp3) is 0.750. The van der Waals surface area contributed by atoms with Crippen LogP contribution in [0.3, 0.4) is 0 Å². The summed E-state index contributed by atoms with van der Waals surface area (Å²) in [6.07, 6.45) is 2.04. The number of halogens is 3. The number of carbonyl (C=O) groups is 1. The van der Waals surface area contributed by atoms with Gasteiger partial charge in [-0.1, -0.05) is 0 Å². The number of alkyl halides is 3. The molecule has 5 fully saturated rings. The Morgan fingerprint density at radius 2 is 1.73 bits per heavy atom. The zero-order chi connectivity index (χ0) is 23.6. The van der Waals surface area contributed by atoms with Gasteiger partial charge in [0.25, 0.3) is 0 Å². The lowest BCUT2D eigenvalue weighted by Crippen LogP contribution is -2.67. The maximum atomic E-state index is 13.4. The van der Waals surface area contributed by atoms with Crippen molar-refractivity contribution in [3.63, 3.8) is 0 Å². The third-order valence-corrected chi connectivity index (χ3v) is 8.64. The molecule has 1 aliphatic heterocycles. The van der Waals surface area contributed by atoms with Crippen LogP contribution in [-0.2, 0) is 11.0 Å². The molecule has 4 aliphatic carbocycles. The standard InChI is InChI=1S/C24H34F3N5O/c1-22(2,21(33)30-20-16-9-15-10-17(20)13-23(28,11-15)12-16)32-7-5-31(6-8-32)19-4-3-18(14-29-19)24(25,26)27/h3-4,14-17,20H,5-13,28H2,1-2H3,(H,30,33). The summed E-state index contributed by atoms with van der Waals surface area (Å²) in [7, 11) is 0. The minimum absolute atomic E-state index is 0.0179. The van der Waals surface area contributed by atoms with Crippen molar-refractivity contribution < 1.29 is 18.0 Å². The van der Waals surface area contributed by atoms with Crippen LogP contribution >= 0.6 is 0 Å². The molecule has 1 aromatic heterocycles. The van der Waals surface area contributed by atoms with Crippen molar-refractivity contribution in [2.75, 3.05) is 31.1 Å². The van der Waals surface area contributed by atoms with Gasteiger partial charge in [0.15, 0.2) is 0 Å². The predicted molar refractivity (Wildman–Crippen MR) is 120 cm³/mol. The van der Waals surface area contributed by atoms with Crippen LogP contribution < -0.4 is 16.0 Å². The van der Waals surface area contributed by atoms with Crippen LogP contribution in [0.4, 0.5) is 19.0 Å². The molecule has 0 spiro atoms. The smallest absolute Gasteiger partial charge is 0.354 e. The number of pyridine rings is 1. The number of nitrogens with zero attached hydrogens (tertiary/aromatic N) is 3. The Hall–Kier alpha value is -1.87. The van der Waals surface area contributed by atoms with E-state index in [0.29, 0.717) is 43.8 Å². The number of nitrogens with two attached hydrogens (primary N) is 1. The first-order chi connectivity index (χ1) is 15.4. The second kappa shape index (κ2) is 7.83.